The van der Waals surface area contributed by atoms with E-state index in [1.165, 1.54) is 18.9 Å². The Morgan fingerprint density at radius 2 is 1.51 bits per heavy atom. The average molecular weight is 551 g/mol. The fourth-order valence-electron chi connectivity index (χ4n) is 4.69. The first kappa shape index (κ1) is 30.1. The summed E-state index contributed by atoms with van der Waals surface area (Å²) >= 11 is 0. The molecule has 3 rings (SSSR count). The molecule has 1 unspecified atom stereocenters. The molecule has 2 heterocycles. The van der Waals surface area contributed by atoms with Crippen LogP contribution < -0.4 is 5.32 Å². The SMILES string of the molecule is CC(C)(C)[Si](C)(C)O[C@H]1CN(C(=O)c2ccoc2)C(C(=O)NC2CCCCC2)[C@@H]1O[Si](C)(C)C(C)(C)C. The summed E-state index contributed by atoms with van der Waals surface area (Å²) in [5.41, 5.74) is 0.439. The summed E-state index contributed by atoms with van der Waals surface area (Å²) in [4.78, 5) is 29.4. The zero-order chi connectivity index (χ0) is 27.8. The minimum Gasteiger partial charge on any atom is -0.472 e. The number of rotatable bonds is 7. The highest BCUT2D eigenvalue weighted by Crippen LogP contribution is 2.43. The molecule has 1 saturated carbocycles. The average Bonchev–Trinajstić information content (AvgIpc) is 3.41. The van der Waals surface area contributed by atoms with Crippen LogP contribution in [0, 0.1) is 0 Å². The van der Waals surface area contributed by atoms with E-state index in [2.05, 4.69) is 73.0 Å². The van der Waals surface area contributed by atoms with Crippen molar-refractivity contribution in [3.8, 4) is 0 Å². The Hall–Kier alpha value is -1.43. The number of furan rings is 1. The molecule has 1 saturated heterocycles. The van der Waals surface area contributed by atoms with E-state index in [4.69, 9.17) is 13.3 Å². The van der Waals surface area contributed by atoms with Crippen LogP contribution in [0.3, 0.4) is 0 Å². The standard InChI is InChI=1S/C28H50N2O5Si2/c1-27(2,3)36(7,8)34-22-18-30(26(32)20-16-17-33-19-20)23(24(22)35-37(9,10)28(4,5)6)25(31)29-21-14-12-11-13-15-21/h16-17,19,21-24H,11-15,18H2,1-10H3,(H,29,31)/t22-,23?,24+/m0/s1. The zero-order valence-electron chi connectivity index (χ0n) is 24.8. The lowest BCUT2D eigenvalue weighted by Gasteiger charge is -2.43. The van der Waals surface area contributed by atoms with E-state index >= 15 is 0 Å². The third kappa shape index (κ3) is 6.78. The van der Waals surface area contributed by atoms with Crippen molar-refractivity contribution < 1.29 is 22.9 Å². The molecule has 0 bridgehead atoms. The molecule has 7 nitrogen and oxygen atoms in total. The second kappa shape index (κ2) is 11.0. The van der Waals surface area contributed by atoms with Gasteiger partial charge in [-0.25, -0.2) is 0 Å². The minimum atomic E-state index is -2.30. The first-order chi connectivity index (χ1) is 16.9. The zero-order valence-corrected chi connectivity index (χ0v) is 26.8. The summed E-state index contributed by atoms with van der Waals surface area (Å²) < 4.78 is 19.2. The predicted molar refractivity (Wildman–Crippen MR) is 153 cm³/mol. The van der Waals surface area contributed by atoms with Crippen molar-refractivity contribution in [1.29, 1.82) is 0 Å². The van der Waals surface area contributed by atoms with E-state index in [1.54, 1.807) is 11.0 Å². The first-order valence-corrected chi connectivity index (χ1v) is 19.8. The summed E-state index contributed by atoms with van der Waals surface area (Å²) in [5, 5.41) is 3.22. The van der Waals surface area contributed by atoms with Crippen LogP contribution >= 0.6 is 0 Å². The third-order valence-electron chi connectivity index (χ3n) is 9.13. The van der Waals surface area contributed by atoms with Crippen LogP contribution in [0.1, 0.15) is 84.0 Å². The lowest BCUT2D eigenvalue weighted by atomic mass is 9.95. The molecule has 9 heteroatoms. The monoisotopic (exact) mass is 550 g/mol. The Kier molecular flexibility index (Phi) is 8.94. The molecular weight excluding hydrogens is 500 g/mol. The summed E-state index contributed by atoms with van der Waals surface area (Å²) in [6, 6.07) is 1.04. The van der Waals surface area contributed by atoms with Crippen molar-refractivity contribution in [2.45, 2.75) is 134 Å². The van der Waals surface area contributed by atoms with Gasteiger partial charge in [-0.3, -0.25) is 9.59 Å². The Morgan fingerprint density at radius 1 is 0.946 bits per heavy atom. The number of hydrogen-bond donors (Lipinski definition) is 1. The maximum absolute atomic E-state index is 14.0. The van der Waals surface area contributed by atoms with Crippen LogP contribution in [0.4, 0.5) is 0 Å². The van der Waals surface area contributed by atoms with Gasteiger partial charge in [0.1, 0.15) is 18.4 Å². The fourth-order valence-corrected chi connectivity index (χ4v) is 7.33. The molecule has 0 radical (unpaired) electrons. The topological polar surface area (TPSA) is 81.0 Å². The Bertz CT molecular complexity index is 927. The number of nitrogens with one attached hydrogen (secondary N) is 1. The molecule has 2 amide bonds. The van der Waals surface area contributed by atoms with Crippen LogP contribution in [-0.2, 0) is 13.6 Å². The molecule has 1 aromatic heterocycles. The lowest BCUT2D eigenvalue weighted by Crippen LogP contribution is -2.57. The molecule has 1 aliphatic heterocycles. The van der Waals surface area contributed by atoms with E-state index in [0.29, 0.717) is 12.1 Å². The molecule has 210 valence electrons. The predicted octanol–water partition coefficient (Wildman–Crippen LogP) is 6.33. The second-order valence-corrected chi connectivity index (χ2v) is 23.5. The van der Waals surface area contributed by atoms with Gasteiger partial charge < -0.3 is 23.5 Å². The van der Waals surface area contributed by atoms with Crippen LogP contribution in [-0.4, -0.2) is 64.2 Å². The second-order valence-electron chi connectivity index (χ2n) is 14.0. The molecule has 2 aliphatic rings. The minimum absolute atomic E-state index is 0.0175. The number of nitrogens with zero attached hydrogens (tertiary/aromatic N) is 1. The number of hydrogen-bond acceptors (Lipinski definition) is 5. The maximum Gasteiger partial charge on any atom is 0.257 e. The molecule has 0 spiro atoms. The molecular formula is C28H50N2O5Si2. The maximum atomic E-state index is 14.0. The van der Waals surface area contributed by atoms with Crippen LogP contribution in [0.5, 0.6) is 0 Å². The lowest BCUT2D eigenvalue weighted by molar-refractivity contribution is -0.128. The molecule has 2 fully saturated rings. The summed E-state index contributed by atoms with van der Waals surface area (Å²) in [7, 11) is -4.53. The quantitative estimate of drug-likeness (QED) is 0.401. The summed E-state index contributed by atoms with van der Waals surface area (Å²) in [6.45, 7) is 22.4. The fraction of sp³-hybridized carbons (Fsp3) is 0.786. The van der Waals surface area contributed by atoms with Gasteiger partial charge in [0.2, 0.25) is 5.91 Å². The summed E-state index contributed by atoms with van der Waals surface area (Å²) in [6.07, 6.45) is 7.43. The van der Waals surface area contributed by atoms with Gasteiger partial charge in [0, 0.05) is 12.6 Å². The number of likely N-dealkylation sites (tertiary alicyclic amines) is 1. The highest BCUT2D eigenvalue weighted by Gasteiger charge is 2.55. The van der Waals surface area contributed by atoms with Gasteiger partial charge in [0.25, 0.3) is 5.91 Å². The van der Waals surface area contributed by atoms with Gasteiger partial charge in [-0.2, -0.15) is 0 Å². The van der Waals surface area contributed by atoms with Crippen molar-refractivity contribution in [3.05, 3.63) is 24.2 Å². The van der Waals surface area contributed by atoms with Gasteiger partial charge in [-0.1, -0.05) is 60.8 Å². The van der Waals surface area contributed by atoms with Crippen LogP contribution in [0.15, 0.2) is 23.0 Å². The Balaban J connectivity index is 2.03. The number of carbonyl (C=O) groups is 2. The van der Waals surface area contributed by atoms with Crippen molar-refractivity contribution in [2.75, 3.05) is 6.54 Å². The molecule has 1 N–H and O–H groups in total. The van der Waals surface area contributed by atoms with E-state index in [9.17, 15) is 9.59 Å². The highest BCUT2D eigenvalue weighted by atomic mass is 28.4. The molecule has 0 aromatic carbocycles. The van der Waals surface area contributed by atoms with E-state index in [0.717, 1.165) is 25.7 Å². The van der Waals surface area contributed by atoms with Crippen molar-refractivity contribution in [3.63, 3.8) is 0 Å². The largest absolute Gasteiger partial charge is 0.472 e. The van der Waals surface area contributed by atoms with E-state index < -0.39 is 28.8 Å². The van der Waals surface area contributed by atoms with Gasteiger partial charge >= 0.3 is 0 Å². The van der Waals surface area contributed by atoms with Crippen molar-refractivity contribution in [1.82, 2.24) is 10.2 Å². The third-order valence-corrected chi connectivity index (χ3v) is 18.1. The Morgan fingerprint density at radius 3 is 2.03 bits per heavy atom. The summed E-state index contributed by atoms with van der Waals surface area (Å²) in [5.74, 6) is -0.350. The normalized spacial score (nSPS) is 24.4. The van der Waals surface area contributed by atoms with Gasteiger partial charge in [-0.15, -0.1) is 0 Å². The van der Waals surface area contributed by atoms with Crippen molar-refractivity contribution >= 4 is 28.4 Å². The molecule has 37 heavy (non-hydrogen) atoms. The van der Waals surface area contributed by atoms with Crippen molar-refractivity contribution in [2.24, 2.45) is 0 Å². The van der Waals surface area contributed by atoms with E-state index in [-0.39, 0.29) is 34.0 Å². The molecule has 3 atom stereocenters. The van der Waals surface area contributed by atoms with Gasteiger partial charge in [0.15, 0.2) is 16.6 Å². The Labute approximate surface area is 226 Å². The highest BCUT2D eigenvalue weighted by molar-refractivity contribution is 6.74. The van der Waals surface area contributed by atoms with Crippen LogP contribution in [0.2, 0.25) is 36.3 Å². The van der Waals surface area contributed by atoms with E-state index in [1.807, 2.05) is 0 Å². The number of amides is 2. The van der Waals surface area contributed by atoms with Crippen LogP contribution in [0.25, 0.3) is 0 Å². The molecule has 1 aromatic rings. The number of carbonyl (C=O) groups excluding carboxylic acids is 2. The van der Waals surface area contributed by atoms with Gasteiger partial charge in [-0.05, 0) is 55.2 Å². The van der Waals surface area contributed by atoms with Gasteiger partial charge in [0.05, 0.1) is 17.9 Å². The first-order valence-electron chi connectivity index (χ1n) is 13.9. The molecule has 1 aliphatic carbocycles. The smallest absolute Gasteiger partial charge is 0.257 e.